The quantitative estimate of drug-likeness (QED) is 0.312. The van der Waals surface area contributed by atoms with Crippen molar-refractivity contribution in [1.29, 1.82) is 0 Å². The third kappa shape index (κ3) is 4.70. The van der Waals surface area contributed by atoms with Gasteiger partial charge in [-0.15, -0.1) is 11.3 Å². The highest BCUT2D eigenvalue weighted by Crippen LogP contribution is 2.37. The molecule has 2 N–H and O–H groups in total. The molecule has 9 heteroatoms. The number of methoxy groups -OCH3 is 1. The highest BCUT2D eigenvalue weighted by molar-refractivity contribution is 7.17. The fourth-order valence-electron chi connectivity index (χ4n) is 3.88. The van der Waals surface area contributed by atoms with Crippen LogP contribution < -0.4 is 14.8 Å². The number of aryl methyl sites for hydroxylation is 1. The molecule has 0 aliphatic heterocycles. The molecule has 0 aliphatic carbocycles. The molecule has 0 amide bonds. The van der Waals surface area contributed by atoms with Crippen LogP contribution >= 0.6 is 11.3 Å². The lowest BCUT2D eigenvalue weighted by molar-refractivity contribution is 0.0696. The summed E-state index contributed by atoms with van der Waals surface area (Å²) in [6, 6.07) is 10.4. The largest absolute Gasteiger partial charge is 0.496 e. The fourth-order valence-corrected chi connectivity index (χ4v) is 4.78. The maximum Gasteiger partial charge on any atom is 0.349 e. The molecule has 1 aromatic carbocycles. The van der Waals surface area contributed by atoms with E-state index in [0.717, 1.165) is 28.1 Å². The Balaban J connectivity index is 1.53. The van der Waals surface area contributed by atoms with Crippen LogP contribution in [0.25, 0.3) is 21.5 Å². The number of carbonyl (C=O) groups is 1. The van der Waals surface area contributed by atoms with Gasteiger partial charge in [-0.2, -0.15) is 0 Å². The van der Waals surface area contributed by atoms with Crippen molar-refractivity contribution in [3.05, 3.63) is 59.0 Å². The third-order valence-corrected chi connectivity index (χ3v) is 6.46. The van der Waals surface area contributed by atoms with Crippen molar-refractivity contribution < 1.29 is 23.8 Å². The number of halogens is 1. The Morgan fingerprint density at radius 1 is 1.24 bits per heavy atom. The van der Waals surface area contributed by atoms with E-state index in [-0.39, 0.29) is 16.8 Å². The predicted molar refractivity (Wildman–Crippen MR) is 132 cm³/mol. The lowest BCUT2D eigenvalue weighted by atomic mass is 10.2. The van der Waals surface area contributed by atoms with Crippen LogP contribution in [0.2, 0.25) is 0 Å². The number of carboxylic acid groups (broad SMARTS) is 1. The maximum atomic E-state index is 14.6. The van der Waals surface area contributed by atoms with Crippen LogP contribution in [0.4, 0.5) is 10.1 Å². The standard InChI is InChI=1S/C25H26FN3O4S/c1-14(2)33-21-13-22(34-24(21)25(30)31)19-12-16(7-8-28-19)27-9-10-29-15(3)11-17-20(32-4)6-5-18(26)23(17)29/h5-8,11-14H,9-10H2,1-4H3,(H,27,28)(H,30,31). The van der Waals surface area contributed by atoms with E-state index in [2.05, 4.69) is 10.3 Å². The smallest absolute Gasteiger partial charge is 0.349 e. The van der Waals surface area contributed by atoms with Crippen molar-refractivity contribution in [1.82, 2.24) is 9.55 Å². The fraction of sp³-hybridized carbons (Fsp3) is 0.280. The number of rotatable bonds is 9. The zero-order valence-electron chi connectivity index (χ0n) is 19.4. The number of nitrogens with zero attached hydrogens (tertiary/aromatic N) is 2. The molecule has 0 bridgehead atoms. The minimum absolute atomic E-state index is 0.139. The molecule has 7 nitrogen and oxygen atoms in total. The van der Waals surface area contributed by atoms with Crippen LogP contribution in [0.3, 0.4) is 0 Å². The Morgan fingerprint density at radius 3 is 2.74 bits per heavy atom. The average Bonchev–Trinajstić information content (AvgIpc) is 3.36. The number of ether oxygens (including phenoxy) is 2. The summed E-state index contributed by atoms with van der Waals surface area (Å²) < 4.78 is 27.5. The van der Waals surface area contributed by atoms with E-state index < -0.39 is 5.97 Å². The summed E-state index contributed by atoms with van der Waals surface area (Å²) in [5, 5.41) is 13.6. The Morgan fingerprint density at radius 2 is 2.03 bits per heavy atom. The van der Waals surface area contributed by atoms with E-state index in [1.165, 1.54) is 6.07 Å². The van der Waals surface area contributed by atoms with Crippen molar-refractivity contribution in [3.63, 3.8) is 0 Å². The van der Waals surface area contributed by atoms with Crippen LogP contribution in [-0.2, 0) is 6.54 Å². The predicted octanol–water partition coefficient (Wildman–Crippen LogP) is 5.82. The monoisotopic (exact) mass is 483 g/mol. The van der Waals surface area contributed by atoms with Crippen LogP contribution in [0.1, 0.15) is 29.2 Å². The van der Waals surface area contributed by atoms with Gasteiger partial charge in [-0.25, -0.2) is 9.18 Å². The molecule has 0 saturated carbocycles. The first-order valence-corrected chi connectivity index (χ1v) is 11.7. The molecule has 0 radical (unpaired) electrons. The van der Waals surface area contributed by atoms with Gasteiger partial charge in [-0.05, 0) is 51.1 Å². The van der Waals surface area contributed by atoms with Gasteiger partial charge in [0.1, 0.15) is 17.3 Å². The first-order valence-electron chi connectivity index (χ1n) is 10.8. The van der Waals surface area contributed by atoms with Gasteiger partial charge in [-0.3, -0.25) is 4.98 Å². The number of nitrogens with one attached hydrogen (secondary N) is 1. The number of hydrogen-bond donors (Lipinski definition) is 2. The van der Waals surface area contributed by atoms with E-state index >= 15 is 0 Å². The first kappa shape index (κ1) is 23.6. The second-order valence-corrected chi connectivity index (χ2v) is 9.13. The van der Waals surface area contributed by atoms with E-state index in [1.807, 2.05) is 43.5 Å². The molecule has 0 saturated heterocycles. The number of hydrogen-bond acceptors (Lipinski definition) is 6. The summed E-state index contributed by atoms with van der Waals surface area (Å²) in [6.45, 7) is 6.74. The van der Waals surface area contributed by atoms with Gasteiger partial charge in [0.25, 0.3) is 0 Å². The molecular weight excluding hydrogens is 457 g/mol. The summed E-state index contributed by atoms with van der Waals surface area (Å²) >= 11 is 1.13. The number of aromatic carboxylic acids is 1. The second-order valence-electron chi connectivity index (χ2n) is 8.08. The molecule has 178 valence electrons. The lowest BCUT2D eigenvalue weighted by Crippen LogP contribution is -2.12. The number of pyridine rings is 1. The zero-order chi connectivity index (χ0) is 24.4. The molecule has 0 atom stereocenters. The number of benzene rings is 1. The topological polar surface area (TPSA) is 85.6 Å². The Labute approximate surface area is 200 Å². The molecule has 3 heterocycles. The molecule has 4 rings (SSSR count). The Kier molecular flexibility index (Phi) is 6.74. The first-order chi connectivity index (χ1) is 16.3. The van der Waals surface area contributed by atoms with Crippen molar-refractivity contribution in [3.8, 4) is 22.1 Å². The lowest BCUT2D eigenvalue weighted by Gasteiger charge is -2.12. The van der Waals surface area contributed by atoms with Crippen molar-refractivity contribution >= 4 is 33.9 Å². The third-order valence-electron chi connectivity index (χ3n) is 5.33. The minimum atomic E-state index is -1.03. The minimum Gasteiger partial charge on any atom is -0.496 e. The molecular formula is C25H26FN3O4S. The number of aromatic nitrogens is 2. The summed E-state index contributed by atoms with van der Waals surface area (Å²) in [4.78, 5) is 16.9. The second kappa shape index (κ2) is 9.72. The number of fused-ring (bicyclic) bond motifs is 1. The summed E-state index contributed by atoms with van der Waals surface area (Å²) in [5.41, 5.74) is 2.93. The maximum absolute atomic E-state index is 14.6. The molecule has 0 spiro atoms. The number of carboxylic acids is 1. The molecule has 0 fully saturated rings. The van der Waals surface area contributed by atoms with Crippen LogP contribution in [0.5, 0.6) is 11.5 Å². The van der Waals surface area contributed by atoms with Gasteiger partial charge in [0.15, 0.2) is 4.88 Å². The van der Waals surface area contributed by atoms with Gasteiger partial charge in [0.05, 0.1) is 29.3 Å². The summed E-state index contributed by atoms with van der Waals surface area (Å²) in [6.07, 6.45) is 1.53. The SMILES string of the molecule is COc1ccc(F)c2c1cc(C)n2CCNc1ccnc(-c2cc(OC(C)C)c(C(=O)O)s2)c1. The molecule has 4 aromatic rings. The highest BCUT2D eigenvalue weighted by atomic mass is 32.1. The molecule has 3 aromatic heterocycles. The normalized spacial score (nSPS) is 11.2. The van der Waals surface area contributed by atoms with Gasteiger partial charge in [-0.1, -0.05) is 0 Å². The zero-order valence-corrected chi connectivity index (χ0v) is 20.2. The Hall–Kier alpha value is -3.59. The van der Waals surface area contributed by atoms with Crippen molar-refractivity contribution in [2.24, 2.45) is 0 Å². The van der Waals surface area contributed by atoms with E-state index in [1.54, 1.807) is 25.4 Å². The van der Waals surface area contributed by atoms with Crippen molar-refractivity contribution in [2.75, 3.05) is 19.0 Å². The van der Waals surface area contributed by atoms with Gasteiger partial charge >= 0.3 is 5.97 Å². The summed E-state index contributed by atoms with van der Waals surface area (Å²) in [7, 11) is 1.58. The number of anilines is 1. The van der Waals surface area contributed by atoms with Gasteiger partial charge < -0.3 is 24.5 Å². The van der Waals surface area contributed by atoms with Gasteiger partial charge in [0.2, 0.25) is 0 Å². The van der Waals surface area contributed by atoms with E-state index in [4.69, 9.17) is 9.47 Å². The van der Waals surface area contributed by atoms with Crippen molar-refractivity contribution in [2.45, 2.75) is 33.4 Å². The van der Waals surface area contributed by atoms with Crippen LogP contribution in [0, 0.1) is 12.7 Å². The molecule has 0 unspecified atom stereocenters. The van der Waals surface area contributed by atoms with Gasteiger partial charge in [0, 0.05) is 42.1 Å². The highest BCUT2D eigenvalue weighted by Gasteiger charge is 2.19. The van der Waals surface area contributed by atoms with Crippen LogP contribution in [-0.4, -0.2) is 40.4 Å². The number of thiophene rings is 1. The van der Waals surface area contributed by atoms with Crippen LogP contribution in [0.15, 0.2) is 42.6 Å². The summed E-state index contributed by atoms with van der Waals surface area (Å²) in [5.74, 6) is -0.335. The molecule has 0 aliphatic rings. The van der Waals surface area contributed by atoms with E-state index in [0.29, 0.717) is 40.7 Å². The molecule has 34 heavy (non-hydrogen) atoms. The van der Waals surface area contributed by atoms with E-state index in [9.17, 15) is 14.3 Å². The Bertz CT molecular complexity index is 1350. The average molecular weight is 484 g/mol.